The van der Waals surface area contributed by atoms with Gasteiger partial charge in [0.15, 0.2) is 16.8 Å². The maximum Gasteiger partial charge on any atom is 1.00 e. The van der Waals surface area contributed by atoms with Gasteiger partial charge in [0.25, 0.3) is 0 Å². The Morgan fingerprint density at radius 3 is 1.52 bits per heavy atom. The summed E-state index contributed by atoms with van der Waals surface area (Å²) in [5.41, 5.74) is 1.20. The van der Waals surface area contributed by atoms with Crippen molar-refractivity contribution < 1.29 is 279 Å². The molecule has 4 heterocycles. The molecule has 0 radical (unpaired) electrons. The average Bonchev–Trinajstić information content (AvgIpc) is 1.22. The summed E-state index contributed by atoms with van der Waals surface area (Å²) in [6.45, 7) is 11.7. The van der Waals surface area contributed by atoms with Crippen molar-refractivity contribution in [3.05, 3.63) is 105 Å². The Balaban J connectivity index is 0.00000470. The second-order valence-electron chi connectivity index (χ2n) is 21.2. The Labute approximate surface area is 718 Å². The van der Waals surface area contributed by atoms with Crippen LogP contribution in [0.3, 0.4) is 0 Å². The fourth-order valence-corrected chi connectivity index (χ4v) is 16.7. The summed E-state index contributed by atoms with van der Waals surface area (Å²) < 4.78 is 118. The molecule has 94 heavy (non-hydrogen) atoms. The van der Waals surface area contributed by atoms with E-state index >= 15 is 0 Å². The summed E-state index contributed by atoms with van der Waals surface area (Å²) >= 11 is 1.80. The molecule has 474 valence electrons. The van der Waals surface area contributed by atoms with Gasteiger partial charge in [-0.25, -0.2) is 67.5 Å². The first kappa shape index (κ1) is 84.2. The van der Waals surface area contributed by atoms with Crippen LogP contribution in [0.25, 0.3) is 25.6 Å². The number of sulfonamides is 4. The molecule has 40 heteroatoms. The van der Waals surface area contributed by atoms with Crippen molar-refractivity contribution in [2.24, 2.45) is 10.2 Å². The van der Waals surface area contributed by atoms with Crippen LogP contribution in [0.4, 0.5) is 39.6 Å². The monoisotopic (exact) mass is 1500 g/mol. The van der Waals surface area contributed by atoms with Gasteiger partial charge in [0.2, 0.25) is 45.2 Å². The van der Waals surface area contributed by atoms with Crippen LogP contribution in [0.15, 0.2) is 84.4 Å². The van der Waals surface area contributed by atoms with Gasteiger partial charge in [0.1, 0.15) is 23.1 Å². The number of carboxylic acids is 4. The van der Waals surface area contributed by atoms with E-state index in [1.54, 1.807) is 41.5 Å². The number of aromatic nitrogens is 5. The number of pyridine rings is 1. The molecule has 8 rings (SSSR count). The van der Waals surface area contributed by atoms with E-state index < -0.39 is 95.6 Å². The molecular weight excluding hydrogens is 1450 g/mol. The molecule has 0 unspecified atom stereocenters. The zero-order chi connectivity index (χ0) is 66.5. The first-order valence-corrected chi connectivity index (χ1v) is 33.8. The number of aryl methyl sites for hydroxylation is 5. The molecule has 0 spiro atoms. The SMILES string of the molecule is Cc1cc(N(c2nc3ccc(S(=O)(=O)NCC(=O)[O-])cc3s2)c2c(C)cc(C)c(S(=O)(=O)NCC(=O)[O-])c2C)nc(Nc2c(C)cc(C)c(S(=O)(=O)NCC(=O)[O-])c2C)c1N=Nc1c(C#N)c(C(C)(C)C)nn1-c1nc2ccc(S(=O)(=O)NCC(=O)[O-])cc2s1.[K+].[K+].[K+].[K+]. The molecule has 5 N–H and O–H groups in total. The maximum absolute atomic E-state index is 14.1. The smallest absolute Gasteiger partial charge is 0.549 e. The van der Waals surface area contributed by atoms with E-state index in [9.17, 15) is 78.5 Å². The topological polar surface area (TPSA) is 465 Å². The molecule has 30 nitrogen and oxygen atoms in total. The Bertz CT molecular complexity index is 4920. The van der Waals surface area contributed by atoms with Crippen molar-refractivity contribution in [2.75, 3.05) is 36.4 Å². The summed E-state index contributed by atoms with van der Waals surface area (Å²) in [6.07, 6.45) is 0. The summed E-state index contributed by atoms with van der Waals surface area (Å²) in [5.74, 6) is -7.34. The molecule has 0 bridgehead atoms. The predicted molar refractivity (Wildman–Crippen MR) is 320 cm³/mol. The molecule has 4 aromatic carbocycles. The minimum Gasteiger partial charge on any atom is -0.549 e. The zero-order valence-corrected chi connectivity index (χ0v) is 70.4. The molecule has 0 aliphatic heterocycles. The van der Waals surface area contributed by atoms with Crippen LogP contribution >= 0.6 is 22.7 Å². The molecule has 4 aromatic heterocycles. The number of nitriles is 1. The third-order valence-electron chi connectivity index (χ3n) is 13.4. The summed E-state index contributed by atoms with van der Waals surface area (Å²) in [6, 6.07) is 14.2. The van der Waals surface area contributed by atoms with Crippen molar-refractivity contribution in [3.8, 4) is 11.2 Å². The van der Waals surface area contributed by atoms with Gasteiger partial charge in [0.05, 0.1) is 101 Å². The van der Waals surface area contributed by atoms with E-state index in [4.69, 9.17) is 20.2 Å². The standard InChI is InChI=1S/C54H56N14O16S6.4K/c1-25-15-28(4)47(89(81,82)58-23-42(73)74)30(6)44(25)63-50-45(64-65-51-34(20-55)49(54(8,9)10)66-68(51)53-61-36-14-12-33(19-38(36)86-53)88(79,80)57-22-41(71)72)26(2)17-39(62-50)67(46-27(3)16-29(5)48(31(46)7)90(83,84)59-24-43(75)76)52-60-35-13-11-32(18-37(35)85-52)87(77,78)56-21-40(69)70;;;;/h11-19,56-59H,21-24H2,1-10H3,(H,62,63)(H,69,70)(H,71,72)(H,73,74)(H,75,76);;;;/q;4*+1/p-4. The summed E-state index contributed by atoms with van der Waals surface area (Å²) in [4.78, 5) is 60.2. The largest absolute Gasteiger partial charge is 1.00 e. The van der Waals surface area contributed by atoms with Crippen molar-refractivity contribution in [3.63, 3.8) is 0 Å². The van der Waals surface area contributed by atoms with Crippen LogP contribution < -0.4 is 255 Å². The summed E-state index contributed by atoms with van der Waals surface area (Å²) in [7, 11) is -18.1. The quantitative estimate of drug-likeness (QED) is 0.0277. The molecule has 0 saturated carbocycles. The third-order valence-corrected chi connectivity index (χ3v) is 21.6. The van der Waals surface area contributed by atoms with Crippen molar-refractivity contribution >= 4 is 147 Å². The number of hydrogen-bond donors (Lipinski definition) is 5. The van der Waals surface area contributed by atoms with E-state index in [-0.39, 0.29) is 329 Å². The van der Waals surface area contributed by atoms with E-state index in [2.05, 4.69) is 21.5 Å². The number of nitrogens with zero attached hydrogens (tertiary/aromatic N) is 9. The number of anilines is 5. The minimum absolute atomic E-state index is 0. The van der Waals surface area contributed by atoms with Gasteiger partial charge in [-0.3, -0.25) is 4.90 Å². The first-order chi connectivity index (χ1) is 41.8. The van der Waals surface area contributed by atoms with Crippen LogP contribution in [0, 0.1) is 59.8 Å². The minimum atomic E-state index is -4.67. The number of fused-ring (bicyclic) bond motifs is 2. The van der Waals surface area contributed by atoms with Gasteiger partial charge >= 0.3 is 206 Å². The van der Waals surface area contributed by atoms with Crippen LogP contribution in [-0.2, 0) is 64.7 Å². The molecule has 8 aromatic rings. The third kappa shape index (κ3) is 19.0. The molecule has 0 amide bonds. The average molecular weight is 1500 g/mol. The second kappa shape index (κ2) is 33.5. The van der Waals surface area contributed by atoms with E-state index in [1.165, 1.54) is 91.9 Å². The Morgan fingerprint density at radius 1 is 0.585 bits per heavy atom. The molecule has 0 aliphatic carbocycles. The number of aliphatic carboxylic acids is 4. The fourth-order valence-electron chi connectivity index (χ4n) is 9.68. The normalized spacial score (nSPS) is 11.9. The second-order valence-corrected chi connectivity index (χ2v) is 30.1. The van der Waals surface area contributed by atoms with E-state index in [0.717, 1.165) is 22.7 Å². The number of nitrogens with one attached hydrogen (secondary N) is 5. The van der Waals surface area contributed by atoms with Crippen molar-refractivity contribution in [1.82, 2.24) is 43.6 Å². The number of carboxylic acid groups (broad SMARTS) is 4. The van der Waals surface area contributed by atoms with Crippen molar-refractivity contribution in [2.45, 2.75) is 94.2 Å². The Morgan fingerprint density at radius 2 is 1.04 bits per heavy atom. The van der Waals surface area contributed by atoms with Crippen LogP contribution in [0.1, 0.15) is 71.0 Å². The van der Waals surface area contributed by atoms with Gasteiger partial charge in [-0.05, 0) is 130 Å². The number of carbonyl (C=O) groups excluding carboxylic acids is 4. The molecule has 0 fully saturated rings. The van der Waals surface area contributed by atoms with Crippen LogP contribution in [0.5, 0.6) is 0 Å². The number of carbonyl (C=O) groups is 4. The van der Waals surface area contributed by atoms with Gasteiger partial charge in [-0.1, -0.05) is 55.6 Å². The molecule has 0 saturated heterocycles. The predicted octanol–water partition coefficient (Wildman–Crippen LogP) is -10.4. The van der Waals surface area contributed by atoms with Gasteiger partial charge in [-0.15, -0.1) is 10.2 Å². The first-order valence-electron chi connectivity index (χ1n) is 26.2. The van der Waals surface area contributed by atoms with Gasteiger partial charge in [0, 0.05) is 11.1 Å². The van der Waals surface area contributed by atoms with Gasteiger partial charge in [-0.2, -0.15) is 15.0 Å². The number of thiazole rings is 2. The fraction of sp³-hybridized carbons (Fsp3) is 0.278. The van der Waals surface area contributed by atoms with Crippen molar-refractivity contribution in [1.29, 1.82) is 5.26 Å². The Kier molecular flexibility index (Phi) is 30.0. The number of hydrogen-bond acceptors (Lipinski definition) is 27. The van der Waals surface area contributed by atoms with Gasteiger partial charge < -0.3 is 44.9 Å². The number of benzene rings is 4. The Hall–Kier alpha value is -2.22. The number of azo groups is 1. The molecule has 0 atom stereocenters. The zero-order valence-electron chi connectivity index (χ0n) is 53.0. The van der Waals surface area contributed by atoms with E-state index in [0.29, 0.717) is 11.1 Å². The summed E-state index contributed by atoms with van der Waals surface area (Å²) in [5, 5.41) is 73.8. The van der Waals surface area contributed by atoms with Crippen LogP contribution in [-0.4, -0.2) is 108 Å². The van der Waals surface area contributed by atoms with Crippen LogP contribution in [0.2, 0.25) is 0 Å². The van der Waals surface area contributed by atoms with E-state index in [1.807, 2.05) is 18.9 Å². The molecule has 0 aliphatic rings. The maximum atomic E-state index is 14.1. The number of rotatable bonds is 24. The molecular formula is C54H52K4N14O16S6.